The molecule has 2 aromatic carbocycles. The molecule has 0 amide bonds. The van der Waals surface area contributed by atoms with Gasteiger partial charge in [0, 0.05) is 22.4 Å². The average molecular weight is 540 g/mol. The third-order valence-corrected chi connectivity index (χ3v) is 6.50. The molecule has 2 aliphatic rings. The zero-order valence-corrected chi connectivity index (χ0v) is 24.3. The van der Waals surface area contributed by atoms with Gasteiger partial charge < -0.3 is 24.8 Å². The van der Waals surface area contributed by atoms with E-state index in [0.717, 1.165) is 12.8 Å². The quantitative estimate of drug-likeness (QED) is 0.238. The van der Waals surface area contributed by atoms with Gasteiger partial charge in [-0.1, -0.05) is 59.7 Å². The largest absolute Gasteiger partial charge is 2.00 e. The summed E-state index contributed by atoms with van der Waals surface area (Å²) in [6.07, 6.45) is 6.72. The number of aromatic nitrogens is 2. The van der Waals surface area contributed by atoms with E-state index in [-0.39, 0.29) is 41.1 Å². The summed E-state index contributed by atoms with van der Waals surface area (Å²) in [5, 5.41) is 2.59. The fourth-order valence-electron chi connectivity index (χ4n) is 4.94. The van der Waals surface area contributed by atoms with Crippen molar-refractivity contribution in [3.8, 4) is 0 Å². The number of fused-ring (bicyclic) bond motifs is 2. The van der Waals surface area contributed by atoms with Crippen LogP contribution in [-0.2, 0) is 26.2 Å². The van der Waals surface area contributed by atoms with Crippen LogP contribution in [0.2, 0.25) is 0 Å². The number of para-hydroxylation sites is 2. The molecule has 2 N–H and O–H groups in total. The molecule has 0 bridgehead atoms. The van der Waals surface area contributed by atoms with Crippen molar-refractivity contribution < 1.29 is 26.2 Å². The van der Waals surface area contributed by atoms with Gasteiger partial charge in [-0.3, -0.25) is 0 Å². The summed E-state index contributed by atoms with van der Waals surface area (Å²) in [4.78, 5) is 6.99. The molecule has 0 aliphatic heterocycles. The van der Waals surface area contributed by atoms with Gasteiger partial charge in [0.2, 0.25) is 0 Å². The summed E-state index contributed by atoms with van der Waals surface area (Å²) in [6.45, 7) is 8.77. The summed E-state index contributed by atoms with van der Waals surface area (Å²) in [6, 6.07) is 21.4. The zero-order chi connectivity index (χ0) is 22.2. The van der Waals surface area contributed by atoms with E-state index >= 15 is 0 Å². The van der Waals surface area contributed by atoms with E-state index in [1.807, 2.05) is 0 Å². The fourth-order valence-corrected chi connectivity index (χ4v) is 4.94. The maximum atomic E-state index is 3.50. The molecule has 2 heterocycles. The number of H-pyrrole nitrogens is 2. The topological polar surface area (TPSA) is 31.6 Å². The molecule has 2 aromatic heterocycles. The first-order valence-electron chi connectivity index (χ1n) is 11.4. The molecule has 0 spiro atoms. The van der Waals surface area contributed by atoms with Crippen LogP contribution < -0.4 is 0 Å². The molecular weight excluding hydrogens is 504 g/mol. The molecule has 0 saturated carbocycles. The van der Waals surface area contributed by atoms with Crippen LogP contribution in [0.4, 0.5) is 0 Å². The first-order chi connectivity index (χ1) is 15.5. The summed E-state index contributed by atoms with van der Waals surface area (Å²) in [5.74, 6) is 0. The number of nitrogens with one attached hydrogen (secondary N) is 2. The van der Waals surface area contributed by atoms with Crippen molar-refractivity contribution in [1.29, 1.82) is 0 Å². The minimum atomic E-state index is 0. The van der Waals surface area contributed by atoms with E-state index in [0.29, 0.717) is 0 Å². The molecule has 2 nitrogen and oxygen atoms in total. The van der Waals surface area contributed by atoms with Gasteiger partial charge in [-0.25, -0.2) is 0 Å². The summed E-state index contributed by atoms with van der Waals surface area (Å²) in [5.41, 5.74) is 13.6. The second-order valence-electron chi connectivity index (χ2n) is 9.20. The first-order valence-corrected chi connectivity index (χ1v) is 11.4. The SMILES string of the molecule is CC1=CC(C)=C(c2cc3ccccc3[nH]2)C1.CC1=CC(C)=C(c2cc3ccccc3[nH]2)C1.[CH3-].[CH3-].[Zr+2]. The van der Waals surface area contributed by atoms with Crippen LogP contribution in [0.15, 0.2) is 95.1 Å². The van der Waals surface area contributed by atoms with Crippen molar-refractivity contribution in [2.75, 3.05) is 0 Å². The molecule has 6 rings (SSSR count). The van der Waals surface area contributed by atoms with Gasteiger partial charge in [0.1, 0.15) is 0 Å². The van der Waals surface area contributed by atoms with E-state index in [4.69, 9.17) is 0 Å². The Hall–Kier alpha value is -2.64. The van der Waals surface area contributed by atoms with E-state index in [9.17, 15) is 0 Å². The standard InChI is InChI=1S/2C15H15N.2CH3.Zr/c2*1-10-7-11(2)13(8-10)15-9-12-5-3-4-6-14(12)16-15;;;/h2*3-7,9,16H,8H2,1-2H3;2*1H3;/q;;2*-1;+2. The molecule has 35 heavy (non-hydrogen) atoms. The normalized spacial score (nSPS) is 14.6. The number of benzene rings is 2. The Morgan fingerprint density at radius 2 is 0.943 bits per heavy atom. The molecule has 2 aliphatic carbocycles. The molecule has 178 valence electrons. The molecule has 0 saturated heterocycles. The Kier molecular flexibility index (Phi) is 9.70. The van der Waals surface area contributed by atoms with Gasteiger partial charge in [-0.15, -0.1) is 0 Å². The van der Waals surface area contributed by atoms with Crippen LogP contribution in [0, 0.1) is 14.9 Å². The summed E-state index contributed by atoms with van der Waals surface area (Å²) >= 11 is 0. The van der Waals surface area contributed by atoms with Gasteiger partial charge in [-0.2, -0.15) is 0 Å². The maximum Gasteiger partial charge on any atom is 2.00 e. The van der Waals surface area contributed by atoms with Gasteiger partial charge in [0.25, 0.3) is 0 Å². The van der Waals surface area contributed by atoms with Gasteiger partial charge >= 0.3 is 26.2 Å². The smallest absolute Gasteiger partial charge is 0.358 e. The second-order valence-corrected chi connectivity index (χ2v) is 9.20. The van der Waals surface area contributed by atoms with E-state index in [1.54, 1.807) is 0 Å². The van der Waals surface area contributed by atoms with Gasteiger partial charge in [0.15, 0.2) is 0 Å². The van der Waals surface area contributed by atoms with Gasteiger partial charge in [0.05, 0.1) is 0 Å². The minimum absolute atomic E-state index is 0. The van der Waals surface area contributed by atoms with Crippen LogP contribution in [0.3, 0.4) is 0 Å². The Labute approximate surface area is 230 Å². The Bertz CT molecular complexity index is 1280. The molecule has 0 radical (unpaired) electrons. The monoisotopic (exact) mass is 538 g/mol. The van der Waals surface area contributed by atoms with Crippen LogP contribution in [0.5, 0.6) is 0 Å². The third-order valence-electron chi connectivity index (χ3n) is 6.50. The molecule has 0 atom stereocenters. The second kappa shape index (κ2) is 11.9. The number of hydrogen-bond acceptors (Lipinski definition) is 0. The Morgan fingerprint density at radius 1 is 0.571 bits per heavy atom. The van der Waals surface area contributed by atoms with E-state index in [2.05, 4.69) is 110 Å². The first kappa shape index (κ1) is 28.6. The fraction of sp³-hybridized carbons (Fsp3) is 0.188. The minimum Gasteiger partial charge on any atom is -0.358 e. The summed E-state index contributed by atoms with van der Waals surface area (Å²) in [7, 11) is 0. The van der Waals surface area contributed by atoms with Gasteiger partial charge in [-0.05, 0) is 97.9 Å². The van der Waals surface area contributed by atoms with Crippen molar-refractivity contribution in [2.24, 2.45) is 0 Å². The van der Waals surface area contributed by atoms with E-state index < -0.39 is 0 Å². The number of aromatic amines is 2. The Morgan fingerprint density at radius 3 is 1.26 bits per heavy atom. The molecule has 4 aromatic rings. The average Bonchev–Trinajstić information content (AvgIpc) is 3.52. The number of rotatable bonds is 2. The predicted octanol–water partition coefficient (Wildman–Crippen LogP) is 9.48. The van der Waals surface area contributed by atoms with E-state index in [1.165, 1.54) is 66.6 Å². The third kappa shape index (κ3) is 5.96. The van der Waals surface area contributed by atoms with Crippen molar-refractivity contribution in [2.45, 2.75) is 40.5 Å². The number of allylic oxidation sites excluding steroid dienone is 8. The maximum absolute atomic E-state index is 3.50. The van der Waals surface area contributed by atoms with Crippen LogP contribution in [0.1, 0.15) is 51.9 Å². The van der Waals surface area contributed by atoms with Crippen molar-refractivity contribution in [3.05, 3.63) is 121 Å². The molecular formula is C32H36N2Zr. The predicted molar refractivity (Wildman–Crippen MR) is 151 cm³/mol. The number of hydrogen-bond donors (Lipinski definition) is 2. The van der Waals surface area contributed by atoms with Crippen LogP contribution in [0.25, 0.3) is 33.0 Å². The van der Waals surface area contributed by atoms with Crippen molar-refractivity contribution >= 4 is 33.0 Å². The molecule has 0 fully saturated rings. The summed E-state index contributed by atoms with van der Waals surface area (Å²) < 4.78 is 0. The molecule has 3 heteroatoms. The Balaban J connectivity index is 0.000000227. The van der Waals surface area contributed by atoms with Crippen molar-refractivity contribution in [3.63, 3.8) is 0 Å². The van der Waals surface area contributed by atoms with Crippen LogP contribution in [-0.4, -0.2) is 9.97 Å². The zero-order valence-electron chi connectivity index (χ0n) is 21.8. The van der Waals surface area contributed by atoms with Crippen LogP contribution >= 0.6 is 0 Å². The molecule has 0 unspecified atom stereocenters. The van der Waals surface area contributed by atoms with Crippen molar-refractivity contribution in [1.82, 2.24) is 9.97 Å².